The maximum atomic E-state index is 5.97. The lowest BCUT2D eigenvalue weighted by atomic mass is 10.1. The molecule has 0 radical (unpaired) electrons. The Kier molecular flexibility index (Phi) is 5.52. The molecule has 1 aromatic heterocycles. The predicted molar refractivity (Wildman–Crippen MR) is 84.4 cm³/mol. The zero-order valence-electron chi connectivity index (χ0n) is 11.4. The Balaban J connectivity index is 2.15. The van der Waals surface area contributed by atoms with Gasteiger partial charge >= 0.3 is 0 Å². The minimum Gasteiger partial charge on any atom is -0.489 e. The van der Waals surface area contributed by atoms with E-state index in [1.807, 2.05) is 31.2 Å². The van der Waals surface area contributed by atoms with Gasteiger partial charge in [-0.25, -0.2) is 0 Å². The molecule has 0 aliphatic carbocycles. The summed E-state index contributed by atoms with van der Waals surface area (Å²) in [4.78, 5) is 0. The number of hydrogen-bond donors (Lipinski definition) is 1. The molecule has 0 fully saturated rings. The maximum absolute atomic E-state index is 5.97. The molecule has 2 unspecified atom stereocenters. The monoisotopic (exact) mass is 357 g/mol. The second-order valence-corrected chi connectivity index (χ2v) is 5.74. The van der Waals surface area contributed by atoms with Crippen molar-refractivity contribution in [3.05, 3.63) is 51.9 Å². The molecule has 1 N–H and O–H groups in total. The molecular formula is C15H17BrClNO2. The molecule has 20 heavy (non-hydrogen) atoms. The molecule has 2 rings (SSSR count). The summed E-state index contributed by atoms with van der Waals surface area (Å²) in [6.07, 6.45) is 1.56. The standard InChI is InChI=1S/C15H17BrClNO2/c1-3-18-14(15-13(16)7-8-19-15)10(2)20-12-6-4-5-11(17)9-12/h4-10,14,18H,3H2,1-2H3. The van der Waals surface area contributed by atoms with Crippen LogP contribution in [-0.4, -0.2) is 12.6 Å². The summed E-state index contributed by atoms with van der Waals surface area (Å²) in [5, 5.41) is 4.04. The first-order valence-electron chi connectivity index (χ1n) is 6.50. The van der Waals surface area contributed by atoms with E-state index in [1.165, 1.54) is 0 Å². The van der Waals surface area contributed by atoms with Crippen LogP contribution < -0.4 is 10.1 Å². The van der Waals surface area contributed by atoms with Crippen molar-refractivity contribution in [2.75, 3.05) is 6.54 Å². The van der Waals surface area contributed by atoms with Crippen molar-refractivity contribution >= 4 is 27.5 Å². The van der Waals surface area contributed by atoms with Crippen molar-refractivity contribution in [3.8, 4) is 5.75 Å². The van der Waals surface area contributed by atoms with Crippen LogP contribution in [-0.2, 0) is 0 Å². The highest BCUT2D eigenvalue weighted by Crippen LogP contribution is 2.29. The van der Waals surface area contributed by atoms with Crippen LogP contribution in [0.25, 0.3) is 0 Å². The summed E-state index contributed by atoms with van der Waals surface area (Å²) >= 11 is 9.46. The molecule has 0 bridgehead atoms. The van der Waals surface area contributed by atoms with Crippen LogP contribution in [0.5, 0.6) is 5.75 Å². The molecule has 5 heteroatoms. The van der Waals surface area contributed by atoms with Gasteiger partial charge in [-0.3, -0.25) is 0 Å². The van der Waals surface area contributed by atoms with Gasteiger partial charge in [-0.15, -0.1) is 0 Å². The summed E-state index contributed by atoms with van der Waals surface area (Å²) in [6.45, 7) is 4.88. The Bertz CT molecular complexity index is 558. The van der Waals surface area contributed by atoms with Crippen LogP contribution in [0, 0.1) is 0 Å². The van der Waals surface area contributed by atoms with Crippen molar-refractivity contribution < 1.29 is 9.15 Å². The SMILES string of the molecule is CCNC(c1occc1Br)C(C)Oc1cccc(Cl)c1. The minimum absolute atomic E-state index is 0.0386. The number of nitrogens with one attached hydrogen (secondary N) is 1. The third kappa shape index (κ3) is 3.78. The highest BCUT2D eigenvalue weighted by Gasteiger charge is 2.25. The zero-order valence-corrected chi connectivity index (χ0v) is 13.7. The van der Waals surface area contributed by atoms with Crippen molar-refractivity contribution in [2.45, 2.75) is 26.0 Å². The van der Waals surface area contributed by atoms with E-state index in [-0.39, 0.29) is 12.1 Å². The van der Waals surface area contributed by atoms with Gasteiger partial charge in [0.1, 0.15) is 23.7 Å². The van der Waals surface area contributed by atoms with Gasteiger partial charge in [0.2, 0.25) is 0 Å². The first-order chi connectivity index (χ1) is 9.61. The van der Waals surface area contributed by atoms with Gasteiger partial charge in [0.25, 0.3) is 0 Å². The van der Waals surface area contributed by atoms with E-state index in [0.29, 0.717) is 5.02 Å². The molecule has 108 valence electrons. The Morgan fingerprint density at radius 1 is 1.40 bits per heavy atom. The van der Waals surface area contributed by atoms with Gasteiger partial charge in [0, 0.05) is 5.02 Å². The second-order valence-electron chi connectivity index (χ2n) is 4.45. The topological polar surface area (TPSA) is 34.4 Å². The first kappa shape index (κ1) is 15.4. The number of rotatable bonds is 6. The zero-order chi connectivity index (χ0) is 14.5. The summed E-state index contributed by atoms with van der Waals surface area (Å²) in [5.74, 6) is 1.58. The molecule has 2 aromatic rings. The second kappa shape index (κ2) is 7.16. The normalized spacial score (nSPS) is 14.0. The first-order valence-corrected chi connectivity index (χ1v) is 7.67. The lowest BCUT2D eigenvalue weighted by Crippen LogP contribution is -2.33. The molecule has 2 atom stereocenters. The van der Waals surface area contributed by atoms with E-state index in [4.69, 9.17) is 20.8 Å². The predicted octanol–water partition coefficient (Wildman–Crippen LogP) is 4.81. The molecule has 0 aliphatic rings. The lowest BCUT2D eigenvalue weighted by Gasteiger charge is -2.24. The average Bonchev–Trinajstić information content (AvgIpc) is 2.82. The van der Waals surface area contributed by atoms with Crippen molar-refractivity contribution in [1.29, 1.82) is 0 Å². The highest BCUT2D eigenvalue weighted by molar-refractivity contribution is 9.10. The van der Waals surface area contributed by atoms with Crippen LogP contribution in [0.15, 0.2) is 45.5 Å². The molecule has 0 spiro atoms. The van der Waals surface area contributed by atoms with E-state index >= 15 is 0 Å². The van der Waals surface area contributed by atoms with E-state index in [2.05, 4.69) is 28.2 Å². The average molecular weight is 359 g/mol. The van der Waals surface area contributed by atoms with Crippen LogP contribution in [0.3, 0.4) is 0 Å². The smallest absolute Gasteiger partial charge is 0.138 e. The van der Waals surface area contributed by atoms with Crippen LogP contribution in [0.2, 0.25) is 5.02 Å². The Labute approximate surface area is 132 Å². The summed E-state index contributed by atoms with van der Waals surface area (Å²) in [5.41, 5.74) is 0. The minimum atomic E-state index is -0.101. The lowest BCUT2D eigenvalue weighted by molar-refractivity contribution is 0.158. The van der Waals surface area contributed by atoms with Gasteiger partial charge in [-0.1, -0.05) is 24.6 Å². The Morgan fingerprint density at radius 2 is 2.20 bits per heavy atom. The van der Waals surface area contributed by atoms with Crippen molar-refractivity contribution in [3.63, 3.8) is 0 Å². The number of furan rings is 1. The maximum Gasteiger partial charge on any atom is 0.138 e. The Hall–Kier alpha value is -0.970. The quantitative estimate of drug-likeness (QED) is 0.804. The Morgan fingerprint density at radius 3 is 2.80 bits per heavy atom. The van der Waals surface area contributed by atoms with Crippen molar-refractivity contribution in [2.24, 2.45) is 0 Å². The van der Waals surface area contributed by atoms with Gasteiger partial charge in [-0.05, 0) is 53.7 Å². The summed E-state index contributed by atoms with van der Waals surface area (Å²) in [6, 6.07) is 9.23. The molecule has 1 aromatic carbocycles. The molecule has 3 nitrogen and oxygen atoms in total. The highest BCUT2D eigenvalue weighted by atomic mass is 79.9. The van der Waals surface area contributed by atoms with Crippen LogP contribution in [0.4, 0.5) is 0 Å². The van der Waals surface area contributed by atoms with Gasteiger partial charge in [0.15, 0.2) is 0 Å². The number of hydrogen-bond acceptors (Lipinski definition) is 3. The fourth-order valence-electron chi connectivity index (χ4n) is 2.04. The van der Waals surface area contributed by atoms with Gasteiger partial charge in [0.05, 0.1) is 10.7 Å². The molecular weight excluding hydrogens is 342 g/mol. The summed E-state index contributed by atoms with van der Waals surface area (Å²) in [7, 11) is 0. The van der Waals surface area contributed by atoms with E-state index < -0.39 is 0 Å². The third-order valence-corrected chi connectivity index (χ3v) is 3.83. The van der Waals surface area contributed by atoms with Gasteiger partial charge < -0.3 is 14.5 Å². The molecule has 0 aliphatic heterocycles. The van der Waals surface area contributed by atoms with Crippen LogP contribution >= 0.6 is 27.5 Å². The van der Waals surface area contributed by atoms with E-state index in [9.17, 15) is 0 Å². The number of halogens is 2. The fraction of sp³-hybridized carbons (Fsp3) is 0.333. The van der Waals surface area contributed by atoms with E-state index in [1.54, 1.807) is 12.3 Å². The van der Waals surface area contributed by atoms with Gasteiger partial charge in [-0.2, -0.15) is 0 Å². The number of ether oxygens (including phenoxy) is 1. The number of benzene rings is 1. The fourth-order valence-corrected chi connectivity index (χ4v) is 2.67. The van der Waals surface area contributed by atoms with Crippen molar-refractivity contribution in [1.82, 2.24) is 5.32 Å². The number of likely N-dealkylation sites (N-methyl/N-ethyl adjacent to an activating group) is 1. The molecule has 0 amide bonds. The largest absolute Gasteiger partial charge is 0.489 e. The summed E-state index contributed by atoms with van der Waals surface area (Å²) < 4.78 is 12.4. The molecule has 1 heterocycles. The van der Waals surface area contributed by atoms with Crippen LogP contribution in [0.1, 0.15) is 25.6 Å². The molecule has 0 saturated heterocycles. The molecule has 0 saturated carbocycles. The third-order valence-electron chi connectivity index (χ3n) is 2.94. The van der Waals surface area contributed by atoms with E-state index in [0.717, 1.165) is 22.5 Å².